The smallest absolute Gasteiger partial charge is 0.253 e. The number of benzene rings is 1. The Bertz CT molecular complexity index is 671. The van der Waals surface area contributed by atoms with Crippen molar-refractivity contribution in [3.63, 3.8) is 0 Å². The molecule has 1 N–H and O–H groups in total. The number of aromatic nitrogens is 1. The molecule has 3 rings (SSSR count). The Kier molecular flexibility index (Phi) is 4.90. The fraction of sp³-hybridized carbons (Fsp3) is 0.412. The molecule has 0 spiro atoms. The summed E-state index contributed by atoms with van der Waals surface area (Å²) >= 11 is 6.14. The number of amides is 1. The first-order chi connectivity index (χ1) is 10.8. The van der Waals surface area contributed by atoms with E-state index in [1.54, 1.807) is 18.3 Å². The van der Waals surface area contributed by atoms with Gasteiger partial charge in [0.05, 0.1) is 16.1 Å². The first-order valence-corrected chi connectivity index (χ1v) is 8.02. The summed E-state index contributed by atoms with van der Waals surface area (Å²) in [5.74, 6) is 0.656. The first-order valence-electron chi connectivity index (χ1n) is 7.65. The van der Waals surface area contributed by atoms with E-state index >= 15 is 0 Å². The van der Waals surface area contributed by atoms with Gasteiger partial charge in [-0.25, -0.2) is 0 Å². The zero-order valence-electron chi connectivity index (χ0n) is 12.3. The number of carbonyl (C=O) groups is 1. The number of hydrogen-bond acceptors (Lipinski definition) is 3. The molecule has 1 amide bonds. The van der Waals surface area contributed by atoms with Crippen molar-refractivity contribution in [2.24, 2.45) is 5.92 Å². The quantitative estimate of drug-likeness (QED) is 0.796. The molecule has 0 atom stereocenters. The fourth-order valence-corrected chi connectivity index (χ4v) is 2.54. The van der Waals surface area contributed by atoms with Gasteiger partial charge in [-0.3, -0.25) is 9.78 Å². The van der Waals surface area contributed by atoms with E-state index in [9.17, 15) is 4.79 Å². The third-order valence-corrected chi connectivity index (χ3v) is 4.09. The normalized spacial score (nSPS) is 14.2. The van der Waals surface area contributed by atoms with Crippen LogP contribution in [0.15, 0.2) is 30.5 Å². The van der Waals surface area contributed by atoms with Gasteiger partial charge in [0.15, 0.2) is 0 Å². The van der Waals surface area contributed by atoms with Crippen LogP contribution in [-0.2, 0) is 4.74 Å². The number of carbonyl (C=O) groups excluding carboxylic acids is 1. The van der Waals surface area contributed by atoms with Crippen molar-refractivity contribution in [2.75, 3.05) is 19.8 Å². The van der Waals surface area contributed by atoms with Gasteiger partial charge in [-0.05, 0) is 49.4 Å². The topological polar surface area (TPSA) is 51.2 Å². The number of ether oxygens (including phenoxy) is 1. The molecule has 0 bridgehead atoms. The molecule has 116 valence electrons. The second-order valence-corrected chi connectivity index (χ2v) is 6.03. The van der Waals surface area contributed by atoms with Crippen LogP contribution < -0.4 is 5.32 Å². The van der Waals surface area contributed by atoms with Gasteiger partial charge < -0.3 is 10.1 Å². The first kappa shape index (κ1) is 15.3. The lowest BCUT2D eigenvalue weighted by molar-refractivity contribution is 0.0939. The number of rotatable bonds is 7. The average Bonchev–Trinajstić information content (AvgIpc) is 3.35. The van der Waals surface area contributed by atoms with Crippen LogP contribution in [0.5, 0.6) is 0 Å². The van der Waals surface area contributed by atoms with E-state index in [0.29, 0.717) is 29.3 Å². The third kappa shape index (κ3) is 3.76. The van der Waals surface area contributed by atoms with E-state index < -0.39 is 0 Å². The standard InChI is InChI=1S/C17H19ClN2O2/c18-15-7-6-14(16-13(15)3-1-8-19-16)17(21)20-9-2-10-22-11-12-4-5-12/h1,3,6-8,12H,2,4-5,9-11H2,(H,20,21). The summed E-state index contributed by atoms with van der Waals surface area (Å²) in [5, 5.41) is 4.31. The molecule has 22 heavy (non-hydrogen) atoms. The summed E-state index contributed by atoms with van der Waals surface area (Å²) in [6.07, 6.45) is 5.08. The minimum absolute atomic E-state index is 0.123. The molecule has 1 aromatic heterocycles. The number of pyridine rings is 1. The van der Waals surface area contributed by atoms with E-state index in [0.717, 1.165) is 24.3 Å². The molecule has 0 saturated heterocycles. The van der Waals surface area contributed by atoms with E-state index in [2.05, 4.69) is 10.3 Å². The molecular weight excluding hydrogens is 300 g/mol. The molecule has 4 nitrogen and oxygen atoms in total. The van der Waals surface area contributed by atoms with Crippen molar-refractivity contribution < 1.29 is 9.53 Å². The van der Waals surface area contributed by atoms with Gasteiger partial charge in [-0.15, -0.1) is 0 Å². The van der Waals surface area contributed by atoms with Crippen molar-refractivity contribution >= 4 is 28.4 Å². The number of nitrogens with zero attached hydrogens (tertiary/aromatic N) is 1. The van der Waals surface area contributed by atoms with E-state index in [4.69, 9.17) is 16.3 Å². The van der Waals surface area contributed by atoms with Gasteiger partial charge >= 0.3 is 0 Å². The predicted molar refractivity (Wildman–Crippen MR) is 87.2 cm³/mol. The molecule has 0 radical (unpaired) electrons. The van der Waals surface area contributed by atoms with Gasteiger partial charge in [-0.2, -0.15) is 0 Å². The second-order valence-electron chi connectivity index (χ2n) is 5.62. The molecule has 1 aromatic carbocycles. The van der Waals surface area contributed by atoms with Crippen molar-refractivity contribution in [3.8, 4) is 0 Å². The summed E-state index contributed by atoms with van der Waals surface area (Å²) < 4.78 is 5.55. The minimum atomic E-state index is -0.123. The maximum absolute atomic E-state index is 12.3. The molecule has 1 fully saturated rings. The van der Waals surface area contributed by atoms with E-state index in [-0.39, 0.29) is 5.91 Å². The highest BCUT2D eigenvalue weighted by molar-refractivity contribution is 6.36. The second kappa shape index (κ2) is 7.07. The van der Waals surface area contributed by atoms with E-state index in [1.807, 2.05) is 12.1 Å². The summed E-state index contributed by atoms with van der Waals surface area (Å²) in [5.41, 5.74) is 1.19. The van der Waals surface area contributed by atoms with Crippen LogP contribution in [-0.4, -0.2) is 30.6 Å². The lowest BCUT2D eigenvalue weighted by Gasteiger charge is -2.08. The largest absolute Gasteiger partial charge is 0.381 e. The number of hydrogen-bond donors (Lipinski definition) is 1. The maximum atomic E-state index is 12.3. The highest BCUT2D eigenvalue weighted by Crippen LogP contribution is 2.28. The van der Waals surface area contributed by atoms with Crippen molar-refractivity contribution in [1.29, 1.82) is 0 Å². The molecular formula is C17H19ClN2O2. The molecule has 1 heterocycles. The van der Waals surface area contributed by atoms with Gasteiger partial charge in [0.1, 0.15) is 0 Å². The number of nitrogens with one attached hydrogen (secondary N) is 1. The van der Waals surface area contributed by atoms with Crippen LogP contribution in [0.1, 0.15) is 29.6 Å². The molecule has 1 aliphatic rings. The van der Waals surface area contributed by atoms with E-state index in [1.165, 1.54) is 12.8 Å². The molecule has 0 unspecified atom stereocenters. The Morgan fingerprint density at radius 3 is 3.05 bits per heavy atom. The van der Waals surface area contributed by atoms with Crippen LogP contribution in [0.4, 0.5) is 0 Å². The van der Waals surface area contributed by atoms with Crippen LogP contribution in [0.3, 0.4) is 0 Å². The summed E-state index contributed by atoms with van der Waals surface area (Å²) in [4.78, 5) is 16.6. The minimum Gasteiger partial charge on any atom is -0.381 e. The molecule has 1 saturated carbocycles. The zero-order chi connectivity index (χ0) is 15.4. The third-order valence-electron chi connectivity index (χ3n) is 3.76. The Labute approximate surface area is 134 Å². The van der Waals surface area contributed by atoms with Gasteiger partial charge in [0.2, 0.25) is 0 Å². The lowest BCUT2D eigenvalue weighted by atomic mass is 10.1. The van der Waals surface area contributed by atoms with Gasteiger partial charge in [-0.1, -0.05) is 11.6 Å². The Morgan fingerprint density at radius 1 is 1.36 bits per heavy atom. The molecule has 0 aliphatic heterocycles. The van der Waals surface area contributed by atoms with Crippen molar-refractivity contribution in [3.05, 3.63) is 41.0 Å². The summed E-state index contributed by atoms with van der Waals surface area (Å²) in [6, 6.07) is 7.14. The van der Waals surface area contributed by atoms with Gasteiger partial charge in [0, 0.05) is 31.3 Å². The van der Waals surface area contributed by atoms with Gasteiger partial charge in [0.25, 0.3) is 5.91 Å². The maximum Gasteiger partial charge on any atom is 0.253 e. The van der Waals surface area contributed by atoms with Crippen LogP contribution >= 0.6 is 11.6 Å². The SMILES string of the molecule is O=C(NCCCOCC1CC1)c1ccc(Cl)c2cccnc12. The molecule has 2 aromatic rings. The number of fused-ring (bicyclic) bond motifs is 1. The average molecular weight is 319 g/mol. The van der Waals surface area contributed by atoms with Crippen LogP contribution in [0, 0.1) is 5.92 Å². The molecule has 1 aliphatic carbocycles. The molecule has 5 heteroatoms. The monoisotopic (exact) mass is 318 g/mol. The van der Waals surface area contributed by atoms with Crippen molar-refractivity contribution in [1.82, 2.24) is 10.3 Å². The van der Waals surface area contributed by atoms with Crippen molar-refractivity contribution in [2.45, 2.75) is 19.3 Å². The zero-order valence-corrected chi connectivity index (χ0v) is 13.1. The number of halogens is 1. The predicted octanol–water partition coefficient (Wildman–Crippen LogP) is 3.43. The fourth-order valence-electron chi connectivity index (χ4n) is 2.33. The highest BCUT2D eigenvalue weighted by Gasteiger charge is 2.20. The highest BCUT2D eigenvalue weighted by atomic mass is 35.5. The summed E-state index contributed by atoms with van der Waals surface area (Å²) in [7, 11) is 0. The van der Waals surface area contributed by atoms with Crippen LogP contribution in [0.2, 0.25) is 5.02 Å². The Balaban J connectivity index is 1.54. The lowest BCUT2D eigenvalue weighted by Crippen LogP contribution is -2.25. The summed E-state index contributed by atoms with van der Waals surface area (Å²) in [6.45, 7) is 2.15. The Hall–Kier alpha value is -1.65. The Morgan fingerprint density at radius 2 is 2.23 bits per heavy atom. The van der Waals surface area contributed by atoms with Crippen LogP contribution in [0.25, 0.3) is 10.9 Å².